The summed E-state index contributed by atoms with van der Waals surface area (Å²) >= 11 is 6.05. The van der Waals surface area contributed by atoms with Crippen LogP contribution in [0.5, 0.6) is 5.75 Å². The molecule has 4 saturated carbocycles. The number of hydrogen-bond donors (Lipinski definition) is 1. The number of nitrogens with zero attached hydrogens (tertiary/aromatic N) is 1. The van der Waals surface area contributed by atoms with Gasteiger partial charge in [-0.2, -0.15) is 0 Å². The van der Waals surface area contributed by atoms with E-state index in [0.717, 1.165) is 17.5 Å². The summed E-state index contributed by atoms with van der Waals surface area (Å²) in [6.07, 6.45) is 9.76. The zero-order chi connectivity index (χ0) is 21.8. The lowest BCUT2D eigenvalue weighted by atomic mass is 9.42. The third-order valence-electron chi connectivity index (χ3n) is 8.27. The van der Waals surface area contributed by atoms with Crippen LogP contribution in [-0.2, 0) is 10.8 Å². The summed E-state index contributed by atoms with van der Waals surface area (Å²) < 4.78 is 0. The molecule has 4 fully saturated rings. The van der Waals surface area contributed by atoms with Crippen LogP contribution >= 0.6 is 11.6 Å². The lowest BCUT2D eigenvalue weighted by Crippen LogP contribution is -2.55. The van der Waals surface area contributed by atoms with Gasteiger partial charge in [-0.05, 0) is 103 Å². The normalized spacial score (nSPS) is 30.8. The van der Waals surface area contributed by atoms with Crippen molar-refractivity contribution in [2.45, 2.75) is 49.4 Å². The molecule has 0 heterocycles. The van der Waals surface area contributed by atoms with Gasteiger partial charge >= 0.3 is 0 Å². The van der Waals surface area contributed by atoms with Crippen molar-refractivity contribution in [3.8, 4) is 5.75 Å². The Morgan fingerprint density at radius 2 is 1.44 bits per heavy atom. The monoisotopic (exact) mass is 441 g/mol. The third-order valence-corrected chi connectivity index (χ3v) is 8.50. The number of aromatic hydroxyl groups is 1. The number of rotatable bonds is 4. The van der Waals surface area contributed by atoms with Crippen LogP contribution in [0, 0.1) is 11.8 Å². The van der Waals surface area contributed by atoms with E-state index in [9.17, 15) is 5.11 Å². The van der Waals surface area contributed by atoms with Crippen molar-refractivity contribution < 1.29 is 5.11 Å². The van der Waals surface area contributed by atoms with Crippen LogP contribution in [0.4, 0.5) is 5.69 Å². The molecule has 0 amide bonds. The summed E-state index contributed by atoms with van der Waals surface area (Å²) in [5, 5.41) is 10.6. The van der Waals surface area contributed by atoms with Gasteiger partial charge in [-0.15, -0.1) is 0 Å². The molecule has 2 atom stereocenters. The second-order valence-electron chi connectivity index (χ2n) is 10.4. The average molecular weight is 442 g/mol. The first-order valence-corrected chi connectivity index (χ1v) is 12.1. The van der Waals surface area contributed by atoms with E-state index in [4.69, 9.17) is 11.6 Å². The molecule has 4 aliphatic rings. The number of aliphatic imine (C=N–C) groups is 1. The van der Waals surface area contributed by atoms with Crippen LogP contribution in [-0.4, -0.2) is 11.3 Å². The molecule has 0 radical (unpaired) electrons. The number of phenols is 1. The maximum atomic E-state index is 10.0. The van der Waals surface area contributed by atoms with Gasteiger partial charge in [-0.1, -0.05) is 54.1 Å². The smallest absolute Gasteiger partial charge is 0.124 e. The Bertz CT molecular complexity index is 1150. The van der Waals surface area contributed by atoms with Gasteiger partial charge in [0.1, 0.15) is 5.75 Å². The predicted octanol–water partition coefficient (Wildman–Crippen LogP) is 7.59. The van der Waals surface area contributed by atoms with E-state index in [2.05, 4.69) is 59.6 Å². The molecule has 3 aromatic carbocycles. The van der Waals surface area contributed by atoms with Gasteiger partial charge in [-0.3, -0.25) is 4.99 Å². The minimum Gasteiger partial charge on any atom is -0.507 e. The fourth-order valence-corrected chi connectivity index (χ4v) is 7.58. The molecule has 162 valence electrons. The van der Waals surface area contributed by atoms with Crippen molar-refractivity contribution in [1.82, 2.24) is 0 Å². The Labute approximate surface area is 195 Å². The molecule has 0 spiro atoms. The fourth-order valence-electron chi connectivity index (χ4n) is 7.40. The summed E-state index contributed by atoms with van der Waals surface area (Å²) in [6, 6.07) is 25.2. The fraction of sp³-hybridized carbons (Fsp3) is 0.345. The molecule has 0 unspecified atom stereocenters. The van der Waals surface area contributed by atoms with Crippen LogP contribution in [0.2, 0.25) is 5.02 Å². The van der Waals surface area contributed by atoms with Crippen molar-refractivity contribution in [3.05, 3.63) is 94.5 Å². The standard InChI is InChI=1S/C29H28ClNO/c30-25-8-11-27(32)22(13-25)18-31-26-9-6-24(7-10-26)29-16-20-12-21(17-29)15-28(14-20,19-29)23-4-2-1-3-5-23/h1-11,13,18,20-21,32H,12,14-17,19H2/t20-,21-,28?,29?/m0/s1. The minimum absolute atomic E-state index is 0.189. The van der Waals surface area contributed by atoms with Crippen molar-refractivity contribution >= 4 is 23.5 Å². The average Bonchev–Trinajstić information content (AvgIpc) is 2.80. The topological polar surface area (TPSA) is 32.6 Å². The van der Waals surface area contributed by atoms with E-state index in [1.807, 2.05) is 0 Å². The molecule has 4 bridgehead atoms. The molecule has 32 heavy (non-hydrogen) atoms. The summed E-state index contributed by atoms with van der Waals surface area (Å²) in [7, 11) is 0. The largest absolute Gasteiger partial charge is 0.507 e. The van der Waals surface area contributed by atoms with E-state index in [1.54, 1.807) is 30.0 Å². The van der Waals surface area contributed by atoms with E-state index >= 15 is 0 Å². The summed E-state index contributed by atoms with van der Waals surface area (Å²) in [5.41, 5.74) is 5.22. The molecule has 3 heteroatoms. The van der Waals surface area contributed by atoms with Gasteiger partial charge in [-0.25, -0.2) is 0 Å². The van der Waals surface area contributed by atoms with E-state index in [-0.39, 0.29) is 5.75 Å². The summed E-state index contributed by atoms with van der Waals surface area (Å²) in [6.45, 7) is 0. The molecule has 0 aromatic heterocycles. The lowest BCUT2D eigenvalue weighted by Gasteiger charge is -2.62. The number of phenolic OH excluding ortho intramolecular Hbond substituents is 1. The highest BCUT2D eigenvalue weighted by molar-refractivity contribution is 6.30. The van der Waals surface area contributed by atoms with Crippen molar-refractivity contribution in [2.24, 2.45) is 16.8 Å². The Morgan fingerprint density at radius 3 is 2.09 bits per heavy atom. The van der Waals surface area contributed by atoms with Gasteiger partial charge in [0, 0.05) is 16.8 Å². The number of halogens is 1. The molecule has 0 saturated heterocycles. The van der Waals surface area contributed by atoms with Crippen molar-refractivity contribution in [3.63, 3.8) is 0 Å². The zero-order valence-corrected chi connectivity index (χ0v) is 18.9. The first-order valence-electron chi connectivity index (χ1n) is 11.7. The first kappa shape index (κ1) is 20.1. The Kier molecular flexibility index (Phi) is 4.69. The molecule has 3 aromatic rings. The Hall–Kier alpha value is -2.58. The molecule has 7 rings (SSSR count). The van der Waals surface area contributed by atoms with E-state index in [0.29, 0.717) is 21.4 Å². The number of hydrogen-bond acceptors (Lipinski definition) is 2. The van der Waals surface area contributed by atoms with E-state index < -0.39 is 0 Å². The Balaban J connectivity index is 1.29. The van der Waals surface area contributed by atoms with Gasteiger partial charge < -0.3 is 5.11 Å². The first-order chi connectivity index (χ1) is 15.5. The second-order valence-corrected chi connectivity index (χ2v) is 10.8. The van der Waals surface area contributed by atoms with Crippen LogP contribution in [0.15, 0.2) is 77.8 Å². The molecule has 1 N–H and O–H groups in total. The predicted molar refractivity (Wildman–Crippen MR) is 131 cm³/mol. The van der Waals surface area contributed by atoms with Crippen LogP contribution in [0.25, 0.3) is 0 Å². The molecular weight excluding hydrogens is 414 g/mol. The lowest BCUT2D eigenvalue weighted by molar-refractivity contribution is -0.0281. The van der Waals surface area contributed by atoms with Gasteiger partial charge in [0.15, 0.2) is 0 Å². The molecule has 0 aliphatic heterocycles. The van der Waals surface area contributed by atoms with Gasteiger partial charge in [0.25, 0.3) is 0 Å². The van der Waals surface area contributed by atoms with Crippen molar-refractivity contribution in [2.75, 3.05) is 0 Å². The maximum Gasteiger partial charge on any atom is 0.124 e. The van der Waals surface area contributed by atoms with E-state index in [1.165, 1.54) is 44.1 Å². The van der Waals surface area contributed by atoms with Gasteiger partial charge in [0.05, 0.1) is 5.69 Å². The van der Waals surface area contributed by atoms with Gasteiger partial charge in [0.2, 0.25) is 0 Å². The second kappa shape index (κ2) is 7.49. The molecular formula is C29H28ClNO. The quantitative estimate of drug-likeness (QED) is 0.415. The van der Waals surface area contributed by atoms with Crippen LogP contribution in [0.3, 0.4) is 0 Å². The van der Waals surface area contributed by atoms with Crippen molar-refractivity contribution in [1.29, 1.82) is 0 Å². The van der Waals surface area contributed by atoms with Crippen LogP contribution in [0.1, 0.15) is 55.2 Å². The highest BCUT2D eigenvalue weighted by Gasteiger charge is 2.58. The minimum atomic E-state index is 0.189. The molecule has 4 aliphatic carbocycles. The Morgan fingerprint density at radius 1 is 0.812 bits per heavy atom. The number of benzene rings is 3. The summed E-state index contributed by atoms with van der Waals surface area (Å²) in [5.74, 6) is 1.88. The maximum absolute atomic E-state index is 10.0. The molecule has 2 nitrogen and oxygen atoms in total. The SMILES string of the molecule is Oc1ccc(Cl)cc1C=Nc1ccc(C23C[C@H]4C[C@@H](CC(c5ccccc5)(C4)C2)C3)cc1. The third kappa shape index (κ3) is 3.36. The zero-order valence-electron chi connectivity index (χ0n) is 18.2. The van der Waals surface area contributed by atoms with Crippen LogP contribution < -0.4 is 0 Å². The summed E-state index contributed by atoms with van der Waals surface area (Å²) in [4.78, 5) is 4.58. The highest BCUT2D eigenvalue weighted by atomic mass is 35.5. The highest BCUT2D eigenvalue weighted by Crippen LogP contribution is 2.66.